The summed E-state index contributed by atoms with van der Waals surface area (Å²) in [6.45, 7) is 2.68. The average Bonchev–Trinajstić information content (AvgIpc) is 3.20. The van der Waals surface area contributed by atoms with Crippen molar-refractivity contribution in [2.24, 2.45) is 5.92 Å². The van der Waals surface area contributed by atoms with Gasteiger partial charge in [0.1, 0.15) is 5.82 Å². The second-order valence-corrected chi connectivity index (χ2v) is 7.03. The van der Waals surface area contributed by atoms with Crippen LogP contribution in [0.2, 0.25) is 0 Å². The topological polar surface area (TPSA) is 84.7 Å². The number of nitrogens with zero attached hydrogens (tertiary/aromatic N) is 4. The first-order valence-electron chi connectivity index (χ1n) is 9.43. The van der Waals surface area contributed by atoms with E-state index < -0.39 is 17.5 Å². The number of aromatic nitrogens is 4. The molecular weight excluding hydrogens is 378 g/mol. The zero-order valence-corrected chi connectivity index (χ0v) is 15.6. The van der Waals surface area contributed by atoms with Crippen molar-refractivity contribution in [3.05, 3.63) is 60.1 Å². The van der Waals surface area contributed by atoms with Crippen LogP contribution in [0.25, 0.3) is 11.1 Å². The number of hydrogen-bond acceptors (Lipinski definition) is 5. The maximum Gasteiger partial charge on any atom is 0.278 e. The van der Waals surface area contributed by atoms with E-state index in [1.54, 1.807) is 16.9 Å². The Balaban J connectivity index is 1.40. The summed E-state index contributed by atoms with van der Waals surface area (Å²) in [5.74, 6) is -1.54. The first kappa shape index (κ1) is 19.1. The van der Waals surface area contributed by atoms with Crippen molar-refractivity contribution in [1.82, 2.24) is 25.3 Å². The van der Waals surface area contributed by atoms with Crippen molar-refractivity contribution in [2.75, 3.05) is 18.4 Å². The molecule has 1 saturated heterocycles. The first-order chi connectivity index (χ1) is 14.1. The lowest BCUT2D eigenvalue weighted by atomic mass is 10.00. The van der Waals surface area contributed by atoms with Gasteiger partial charge in [0, 0.05) is 23.9 Å². The molecule has 0 aliphatic carbocycles. The molecule has 1 unspecified atom stereocenters. The summed E-state index contributed by atoms with van der Waals surface area (Å²) in [5.41, 5.74) is 0.707. The molecule has 29 heavy (non-hydrogen) atoms. The van der Waals surface area contributed by atoms with Crippen LogP contribution < -0.4 is 10.6 Å². The van der Waals surface area contributed by atoms with Gasteiger partial charge in [0.2, 0.25) is 0 Å². The van der Waals surface area contributed by atoms with Crippen LogP contribution >= 0.6 is 0 Å². The molecule has 1 fully saturated rings. The second-order valence-electron chi connectivity index (χ2n) is 7.03. The van der Waals surface area contributed by atoms with Crippen LogP contribution in [0.3, 0.4) is 0 Å². The molecule has 1 aliphatic heterocycles. The summed E-state index contributed by atoms with van der Waals surface area (Å²) in [5, 5.41) is 13.9. The highest BCUT2D eigenvalue weighted by molar-refractivity contribution is 6.02. The van der Waals surface area contributed by atoms with E-state index in [0.717, 1.165) is 32.0 Å². The van der Waals surface area contributed by atoms with E-state index in [2.05, 4.69) is 25.9 Å². The van der Waals surface area contributed by atoms with E-state index in [1.165, 1.54) is 24.4 Å². The molecule has 150 valence electrons. The lowest BCUT2D eigenvalue weighted by Gasteiger charge is -2.22. The van der Waals surface area contributed by atoms with Gasteiger partial charge in [-0.3, -0.25) is 9.48 Å². The fourth-order valence-electron chi connectivity index (χ4n) is 3.37. The predicted molar refractivity (Wildman–Crippen MR) is 103 cm³/mol. The van der Waals surface area contributed by atoms with Gasteiger partial charge in [-0.05, 0) is 50.0 Å². The molecule has 0 bridgehead atoms. The standard InChI is InChI=1S/C20H20F2N6O/c21-16-5-1-4-15(19(16)22)14-6-7-18(24-10-14)25-20(29)17-12-28(27-26-17)11-13-3-2-8-23-9-13/h1,4-7,10,12-13,23H,2-3,8-9,11H2,(H,24,25,29). The number of rotatable bonds is 5. The largest absolute Gasteiger partial charge is 0.316 e. The number of benzene rings is 1. The molecule has 1 amide bonds. The van der Waals surface area contributed by atoms with Gasteiger partial charge in [0.25, 0.3) is 5.91 Å². The van der Waals surface area contributed by atoms with E-state index >= 15 is 0 Å². The number of anilines is 1. The van der Waals surface area contributed by atoms with Gasteiger partial charge >= 0.3 is 0 Å². The van der Waals surface area contributed by atoms with Crippen molar-refractivity contribution >= 4 is 11.7 Å². The molecular formula is C20H20F2N6O. The van der Waals surface area contributed by atoms with E-state index in [-0.39, 0.29) is 17.1 Å². The molecule has 1 atom stereocenters. The quantitative estimate of drug-likeness (QED) is 0.690. The minimum Gasteiger partial charge on any atom is -0.316 e. The molecule has 0 radical (unpaired) electrons. The van der Waals surface area contributed by atoms with Gasteiger partial charge in [-0.2, -0.15) is 0 Å². The highest BCUT2D eigenvalue weighted by atomic mass is 19.2. The number of piperidine rings is 1. The minimum atomic E-state index is -0.934. The molecule has 0 spiro atoms. The Bertz CT molecular complexity index is 998. The van der Waals surface area contributed by atoms with E-state index in [0.29, 0.717) is 18.0 Å². The number of carbonyl (C=O) groups is 1. The van der Waals surface area contributed by atoms with Crippen LogP contribution in [0.15, 0.2) is 42.7 Å². The molecule has 0 saturated carbocycles. The van der Waals surface area contributed by atoms with Crippen molar-refractivity contribution in [3.63, 3.8) is 0 Å². The average molecular weight is 398 g/mol. The van der Waals surface area contributed by atoms with E-state index in [4.69, 9.17) is 0 Å². The van der Waals surface area contributed by atoms with Crippen molar-refractivity contribution in [1.29, 1.82) is 0 Å². The normalized spacial score (nSPS) is 16.6. The predicted octanol–water partition coefficient (Wildman–Crippen LogP) is 2.87. The highest BCUT2D eigenvalue weighted by Crippen LogP contribution is 2.24. The number of pyridine rings is 1. The zero-order valence-electron chi connectivity index (χ0n) is 15.6. The van der Waals surface area contributed by atoms with Crippen LogP contribution in [0.1, 0.15) is 23.3 Å². The van der Waals surface area contributed by atoms with E-state index in [9.17, 15) is 13.6 Å². The van der Waals surface area contributed by atoms with Crippen LogP contribution in [0, 0.1) is 17.6 Å². The zero-order chi connectivity index (χ0) is 20.2. The van der Waals surface area contributed by atoms with Crippen LogP contribution in [0.4, 0.5) is 14.6 Å². The molecule has 3 aromatic rings. The van der Waals surface area contributed by atoms with Crippen LogP contribution in [0.5, 0.6) is 0 Å². The molecule has 7 nitrogen and oxygen atoms in total. The molecule has 4 rings (SSSR count). The molecule has 3 heterocycles. The summed E-state index contributed by atoms with van der Waals surface area (Å²) >= 11 is 0. The van der Waals surface area contributed by atoms with Crippen LogP contribution in [-0.2, 0) is 6.54 Å². The Hall–Kier alpha value is -3.20. The van der Waals surface area contributed by atoms with E-state index in [1.807, 2.05) is 0 Å². The fraction of sp³-hybridized carbons (Fsp3) is 0.300. The summed E-state index contributed by atoms with van der Waals surface area (Å²) in [6, 6.07) is 7.03. The Kier molecular flexibility index (Phi) is 5.57. The van der Waals surface area contributed by atoms with Gasteiger partial charge in [0.15, 0.2) is 17.3 Å². The number of hydrogen-bond donors (Lipinski definition) is 2. The molecule has 2 N–H and O–H groups in total. The monoisotopic (exact) mass is 398 g/mol. The summed E-state index contributed by atoms with van der Waals surface area (Å²) in [6.07, 6.45) is 5.24. The third-order valence-electron chi connectivity index (χ3n) is 4.88. The third-order valence-corrected chi connectivity index (χ3v) is 4.88. The number of carbonyl (C=O) groups excluding carboxylic acids is 1. The lowest BCUT2D eigenvalue weighted by Crippen LogP contribution is -2.32. The Morgan fingerprint density at radius 3 is 2.93 bits per heavy atom. The SMILES string of the molecule is O=C(Nc1ccc(-c2cccc(F)c2F)cn1)c1cn(CC2CCCNC2)nn1. The maximum atomic E-state index is 13.9. The van der Waals surface area contributed by atoms with Gasteiger partial charge < -0.3 is 10.6 Å². The van der Waals surface area contributed by atoms with Crippen LogP contribution in [-0.4, -0.2) is 39.0 Å². The van der Waals surface area contributed by atoms with Crippen molar-refractivity contribution in [2.45, 2.75) is 19.4 Å². The summed E-state index contributed by atoms with van der Waals surface area (Å²) < 4.78 is 29.0. The third kappa shape index (κ3) is 4.45. The second kappa shape index (κ2) is 8.44. The number of halogens is 2. The van der Waals surface area contributed by atoms with Crippen molar-refractivity contribution in [3.8, 4) is 11.1 Å². The van der Waals surface area contributed by atoms with Gasteiger partial charge in [0.05, 0.1) is 6.20 Å². The lowest BCUT2D eigenvalue weighted by molar-refractivity contribution is 0.102. The minimum absolute atomic E-state index is 0.107. The fourth-order valence-corrected chi connectivity index (χ4v) is 3.37. The molecule has 9 heteroatoms. The number of nitrogens with one attached hydrogen (secondary N) is 2. The highest BCUT2D eigenvalue weighted by Gasteiger charge is 2.17. The Labute approximate surface area is 166 Å². The van der Waals surface area contributed by atoms with Gasteiger partial charge in [-0.1, -0.05) is 17.3 Å². The van der Waals surface area contributed by atoms with Gasteiger partial charge in [-0.15, -0.1) is 5.10 Å². The summed E-state index contributed by atoms with van der Waals surface area (Å²) in [4.78, 5) is 16.5. The molecule has 2 aromatic heterocycles. The van der Waals surface area contributed by atoms with Crippen molar-refractivity contribution < 1.29 is 13.6 Å². The first-order valence-corrected chi connectivity index (χ1v) is 9.43. The molecule has 1 aromatic carbocycles. The Morgan fingerprint density at radius 1 is 1.28 bits per heavy atom. The smallest absolute Gasteiger partial charge is 0.278 e. The van der Waals surface area contributed by atoms with Gasteiger partial charge in [-0.25, -0.2) is 13.8 Å². The Morgan fingerprint density at radius 2 is 2.17 bits per heavy atom. The maximum absolute atomic E-state index is 13.9. The molecule has 1 aliphatic rings. The number of amides is 1. The summed E-state index contributed by atoms with van der Waals surface area (Å²) in [7, 11) is 0.